The van der Waals surface area contributed by atoms with Gasteiger partial charge < -0.3 is 10.4 Å². The van der Waals surface area contributed by atoms with Crippen molar-refractivity contribution < 1.29 is 5.11 Å². The molecule has 1 aromatic rings. The fraction of sp³-hybridized carbons (Fsp3) is 0.400. The van der Waals surface area contributed by atoms with Gasteiger partial charge >= 0.3 is 0 Å². The van der Waals surface area contributed by atoms with E-state index in [1.54, 1.807) is 0 Å². The van der Waals surface area contributed by atoms with E-state index in [4.69, 9.17) is 5.11 Å². The summed E-state index contributed by atoms with van der Waals surface area (Å²) >= 11 is 2.30. The number of aliphatic hydroxyl groups is 1. The first kappa shape index (κ1) is 10.8. The third-order valence-electron chi connectivity index (χ3n) is 1.80. The summed E-state index contributed by atoms with van der Waals surface area (Å²) in [7, 11) is 0. The monoisotopic (exact) mass is 291 g/mol. The van der Waals surface area contributed by atoms with Crippen LogP contribution in [0.15, 0.2) is 18.2 Å². The lowest BCUT2D eigenvalue weighted by Gasteiger charge is -2.08. The molecule has 2 nitrogen and oxygen atoms in total. The molecular formula is C10H14INO. The maximum Gasteiger partial charge on any atom is 0.0478 e. The molecule has 0 aliphatic heterocycles. The van der Waals surface area contributed by atoms with Crippen LogP contribution in [0.1, 0.15) is 12.5 Å². The SMILES string of the molecule is CCNc1cc(CCO)ccc1I. The molecule has 72 valence electrons. The van der Waals surface area contributed by atoms with Gasteiger partial charge in [0.2, 0.25) is 0 Å². The lowest BCUT2D eigenvalue weighted by molar-refractivity contribution is 0.299. The highest BCUT2D eigenvalue weighted by molar-refractivity contribution is 14.1. The van der Waals surface area contributed by atoms with Crippen LogP contribution in [0, 0.1) is 3.57 Å². The van der Waals surface area contributed by atoms with E-state index in [0.717, 1.165) is 18.7 Å². The maximum atomic E-state index is 8.79. The van der Waals surface area contributed by atoms with Gasteiger partial charge in [0.15, 0.2) is 0 Å². The van der Waals surface area contributed by atoms with Gasteiger partial charge in [0.1, 0.15) is 0 Å². The molecule has 0 atom stereocenters. The topological polar surface area (TPSA) is 32.3 Å². The molecule has 0 saturated carbocycles. The Morgan fingerprint density at radius 3 is 2.85 bits per heavy atom. The molecule has 0 bridgehead atoms. The van der Waals surface area contributed by atoms with Gasteiger partial charge in [-0.1, -0.05) is 6.07 Å². The zero-order valence-corrected chi connectivity index (χ0v) is 9.84. The zero-order chi connectivity index (χ0) is 9.68. The van der Waals surface area contributed by atoms with Crippen LogP contribution in [-0.2, 0) is 6.42 Å². The van der Waals surface area contributed by atoms with Gasteiger partial charge in [0, 0.05) is 22.4 Å². The summed E-state index contributed by atoms with van der Waals surface area (Å²) in [6, 6.07) is 6.23. The van der Waals surface area contributed by atoms with E-state index in [9.17, 15) is 0 Å². The van der Waals surface area contributed by atoms with Gasteiger partial charge in [0.25, 0.3) is 0 Å². The van der Waals surface area contributed by atoms with Gasteiger partial charge in [-0.2, -0.15) is 0 Å². The molecule has 0 spiro atoms. The molecule has 0 unspecified atom stereocenters. The Morgan fingerprint density at radius 2 is 2.23 bits per heavy atom. The molecule has 0 aromatic heterocycles. The summed E-state index contributed by atoms with van der Waals surface area (Å²) < 4.78 is 1.22. The summed E-state index contributed by atoms with van der Waals surface area (Å²) in [5.74, 6) is 0. The minimum Gasteiger partial charge on any atom is -0.396 e. The third-order valence-corrected chi connectivity index (χ3v) is 2.74. The highest BCUT2D eigenvalue weighted by Crippen LogP contribution is 2.19. The molecule has 0 fully saturated rings. The molecule has 0 aliphatic rings. The summed E-state index contributed by atoms with van der Waals surface area (Å²) in [6.07, 6.45) is 0.731. The predicted octanol–water partition coefficient (Wildman–Crippen LogP) is 2.26. The molecule has 2 N–H and O–H groups in total. The smallest absolute Gasteiger partial charge is 0.0478 e. The van der Waals surface area contributed by atoms with Crippen LogP contribution in [0.5, 0.6) is 0 Å². The van der Waals surface area contributed by atoms with E-state index in [1.165, 1.54) is 9.13 Å². The highest BCUT2D eigenvalue weighted by atomic mass is 127. The van der Waals surface area contributed by atoms with E-state index in [2.05, 4.69) is 53.0 Å². The van der Waals surface area contributed by atoms with Crippen molar-refractivity contribution in [3.05, 3.63) is 27.3 Å². The van der Waals surface area contributed by atoms with Crippen molar-refractivity contribution in [1.29, 1.82) is 0 Å². The van der Waals surface area contributed by atoms with E-state index in [1.807, 2.05) is 0 Å². The number of rotatable bonds is 4. The molecule has 13 heavy (non-hydrogen) atoms. The molecule has 1 aromatic carbocycles. The van der Waals surface area contributed by atoms with E-state index < -0.39 is 0 Å². The summed E-state index contributed by atoms with van der Waals surface area (Å²) in [5, 5.41) is 12.1. The zero-order valence-electron chi connectivity index (χ0n) is 7.68. The highest BCUT2D eigenvalue weighted by Gasteiger charge is 1.99. The molecular weight excluding hydrogens is 277 g/mol. The number of aliphatic hydroxyl groups excluding tert-OH is 1. The molecule has 0 amide bonds. The van der Waals surface area contributed by atoms with Crippen LogP contribution in [0.25, 0.3) is 0 Å². The number of halogens is 1. The minimum absolute atomic E-state index is 0.214. The van der Waals surface area contributed by atoms with Crippen molar-refractivity contribution >= 4 is 28.3 Å². The van der Waals surface area contributed by atoms with Crippen molar-refractivity contribution in [2.24, 2.45) is 0 Å². The van der Waals surface area contributed by atoms with Gasteiger partial charge in [0.05, 0.1) is 0 Å². The summed E-state index contributed by atoms with van der Waals surface area (Å²) in [5.41, 5.74) is 2.34. The Morgan fingerprint density at radius 1 is 1.46 bits per heavy atom. The Kier molecular flexibility index (Phi) is 4.52. The van der Waals surface area contributed by atoms with Crippen molar-refractivity contribution in [1.82, 2.24) is 0 Å². The van der Waals surface area contributed by atoms with Crippen LogP contribution in [0.3, 0.4) is 0 Å². The van der Waals surface area contributed by atoms with Gasteiger partial charge in [-0.05, 0) is 53.6 Å². The number of nitrogens with one attached hydrogen (secondary N) is 1. The third kappa shape index (κ3) is 3.15. The Bertz CT molecular complexity index is 276. The number of hydrogen-bond donors (Lipinski definition) is 2. The molecule has 0 saturated heterocycles. The molecule has 3 heteroatoms. The standard InChI is InChI=1S/C10H14INO/c1-2-12-10-7-8(5-6-13)3-4-9(10)11/h3-4,7,12-13H,2,5-6H2,1H3. The second kappa shape index (κ2) is 5.44. The Labute approximate surface area is 92.5 Å². The normalized spacial score (nSPS) is 10.1. The lowest BCUT2D eigenvalue weighted by atomic mass is 10.1. The average Bonchev–Trinajstić information content (AvgIpc) is 2.12. The fourth-order valence-corrected chi connectivity index (χ4v) is 1.71. The van der Waals surface area contributed by atoms with Crippen molar-refractivity contribution in [3.8, 4) is 0 Å². The van der Waals surface area contributed by atoms with Crippen LogP contribution in [0.2, 0.25) is 0 Å². The number of benzene rings is 1. The lowest BCUT2D eigenvalue weighted by Crippen LogP contribution is -2.00. The van der Waals surface area contributed by atoms with E-state index in [0.29, 0.717) is 0 Å². The first-order valence-electron chi connectivity index (χ1n) is 4.41. The van der Waals surface area contributed by atoms with Gasteiger partial charge in [-0.3, -0.25) is 0 Å². The maximum absolute atomic E-state index is 8.79. The van der Waals surface area contributed by atoms with Crippen LogP contribution < -0.4 is 5.32 Å². The molecule has 0 heterocycles. The van der Waals surface area contributed by atoms with Crippen LogP contribution >= 0.6 is 22.6 Å². The first-order chi connectivity index (χ1) is 6.27. The second-order valence-electron chi connectivity index (χ2n) is 2.82. The molecule has 0 radical (unpaired) electrons. The largest absolute Gasteiger partial charge is 0.396 e. The first-order valence-corrected chi connectivity index (χ1v) is 5.49. The van der Waals surface area contributed by atoms with Gasteiger partial charge in [-0.25, -0.2) is 0 Å². The predicted molar refractivity (Wildman–Crippen MR) is 64.1 cm³/mol. The molecule has 1 rings (SSSR count). The quantitative estimate of drug-likeness (QED) is 0.834. The summed E-state index contributed by atoms with van der Waals surface area (Å²) in [6.45, 7) is 3.22. The van der Waals surface area contributed by atoms with E-state index >= 15 is 0 Å². The Balaban J connectivity index is 2.83. The van der Waals surface area contributed by atoms with Crippen LogP contribution in [-0.4, -0.2) is 18.3 Å². The number of hydrogen-bond acceptors (Lipinski definition) is 2. The number of anilines is 1. The van der Waals surface area contributed by atoms with E-state index in [-0.39, 0.29) is 6.61 Å². The minimum atomic E-state index is 0.214. The van der Waals surface area contributed by atoms with Crippen molar-refractivity contribution in [2.45, 2.75) is 13.3 Å². The Hall–Kier alpha value is -0.290. The average molecular weight is 291 g/mol. The van der Waals surface area contributed by atoms with Crippen LogP contribution in [0.4, 0.5) is 5.69 Å². The fourth-order valence-electron chi connectivity index (χ4n) is 1.18. The van der Waals surface area contributed by atoms with Crippen molar-refractivity contribution in [2.75, 3.05) is 18.5 Å². The van der Waals surface area contributed by atoms with Gasteiger partial charge in [-0.15, -0.1) is 0 Å². The van der Waals surface area contributed by atoms with Crippen molar-refractivity contribution in [3.63, 3.8) is 0 Å². The summed E-state index contributed by atoms with van der Waals surface area (Å²) in [4.78, 5) is 0. The second-order valence-corrected chi connectivity index (χ2v) is 3.98. The molecule has 0 aliphatic carbocycles.